The fourth-order valence-electron chi connectivity index (χ4n) is 2.23. The van der Waals surface area contributed by atoms with E-state index in [2.05, 4.69) is 5.32 Å². The summed E-state index contributed by atoms with van der Waals surface area (Å²) in [5.74, 6) is -0.135. The molecule has 1 heterocycles. The molecule has 2 aromatic carbocycles. The maximum Gasteiger partial charge on any atom is 0.237 e. The van der Waals surface area contributed by atoms with Crippen molar-refractivity contribution in [3.63, 3.8) is 0 Å². The monoisotopic (exact) mass is 385 g/mol. The Morgan fingerprint density at radius 1 is 1.32 bits per heavy atom. The molecule has 1 atom stereocenters. The maximum absolute atomic E-state index is 13.6. The molecule has 1 amide bonds. The van der Waals surface area contributed by atoms with Crippen LogP contribution in [0, 0.1) is 11.6 Å². The number of fused-ring (bicyclic) bond motifs is 1. The molecule has 0 spiro atoms. The first kappa shape index (κ1) is 17.8. The Hall–Kier alpha value is -1.99. The van der Waals surface area contributed by atoms with Crippen LogP contribution in [-0.2, 0) is 10.5 Å². The first-order valence-electron chi connectivity index (χ1n) is 7.39. The third-order valence-corrected chi connectivity index (χ3v) is 5.04. The summed E-state index contributed by atoms with van der Waals surface area (Å²) in [6.07, 6.45) is 0. The number of ether oxygens (including phenoxy) is 2. The lowest BCUT2D eigenvalue weighted by Crippen LogP contribution is -2.23. The van der Waals surface area contributed by atoms with Gasteiger partial charge in [-0.05, 0) is 36.8 Å². The molecule has 0 saturated heterocycles. The van der Waals surface area contributed by atoms with E-state index in [4.69, 9.17) is 21.1 Å². The fraction of sp³-hybridized carbons (Fsp3) is 0.235. The van der Waals surface area contributed by atoms with Crippen molar-refractivity contribution in [2.75, 3.05) is 12.1 Å². The van der Waals surface area contributed by atoms with Crippen molar-refractivity contribution in [2.45, 2.75) is 17.9 Å². The predicted octanol–water partition coefficient (Wildman–Crippen LogP) is 4.61. The minimum absolute atomic E-state index is 0.129. The summed E-state index contributed by atoms with van der Waals surface area (Å²) < 4.78 is 37.3. The van der Waals surface area contributed by atoms with Crippen molar-refractivity contribution in [3.05, 3.63) is 52.6 Å². The molecule has 1 aliphatic heterocycles. The van der Waals surface area contributed by atoms with Crippen LogP contribution in [0.15, 0.2) is 30.3 Å². The van der Waals surface area contributed by atoms with Crippen LogP contribution in [0.2, 0.25) is 5.02 Å². The van der Waals surface area contributed by atoms with Crippen LogP contribution in [-0.4, -0.2) is 18.0 Å². The summed E-state index contributed by atoms with van der Waals surface area (Å²) in [4.78, 5) is 12.2. The number of anilines is 1. The highest BCUT2D eigenvalue weighted by molar-refractivity contribution is 7.99. The van der Waals surface area contributed by atoms with Gasteiger partial charge in [-0.25, -0.2) is 8.78 Å². The molecule has 3 rings (SSSR count). The van der Waals surface area contributed by atoms with E-state index in [1.165, 1.54) is 11.8 Å². The molecular formula is C17H14ClF2NO3S. The molecule has 25 heavy (non-hydrogen) atoms. The third kappa shape index (κ3) is 4.16. The molecule has 0 bridgehead atoms. The van der Waals surface area contributed by atoms with Crippen molar-refractivity contribution in [1.29, 1.82) is 0 Å². The zero-order valence-electron chi connectivity index (χ0n) is 13.1. The second-order valence-electron chi connectivity index (χ2n) is 5.38. The third-order valence-electron chi connectivity index (χ3n) is 3.54. The average molecular weight is 386 g/mol. The van der Waals surface area contributed by atoms with Gasteiger partial charge in [0.05, 0.1) is 16.0 Å². The van der Waals surface area contributed by atoms with Crippen molar-refractivity contribution >= 4 is 35.0 Å². The van der Waals surface area contributed by atoms with Gasteiger partial charge in [-0.15, -0.1) is 11.8 Å². The Balaban J connectivity index is 1.60. The summed E-state index contributed by atoms with van der Waals surface area (Å²) in [7, 11) is 0. The van der Waals surface area contributed by atoms with E-state index in [9.17, 15) is 13.6 Å². The summed E-state index contributed by atoms with van der Waals surface area (Å²) in [6, 6.07) is 6.46. The molecule has 0 fully saturated rings. The Labute approximate surface area is 152 Å². The highest BCUT2D eigenvalue weighted by Gasteiger charge is 2.20. The molecule has 8 heteroatoms. The van der Waals surface area contributed by atoms with E-state index in [1.807, 2.05) is 0 Å². The van der Waals surface area contributed by atoms with Gasteiger partial charge in [-0.3, -0.25) is 4.79 Å². The van der Waals surface area contributed by atoms with Crippen molar-refractivity contribution < 1.29 is 23.0 Å². The lowest BCUT2D eigenvalue weighted by atomic mass is 10.2. The van der Waals surface area contributed by atoms with E-state index in [-0.39, 0.29) is 12.5 Å². The van der Waals surface area contributed by atoms with Crippen LogP contribution in [0.4, 0.5) is 14.5 Å². The molecule has 1 aliphatic rings. The van der Waals surface area contributed by atoms with Gasteiger partial charge in [0.25, 0.3) is 0 Å². The van der Waals surface area contributed by atoms with Gasteiger partial charge in [0, 0.05) is 11.8 Å². The van der Waals surface area contributed by atoms with Crippen molar-refractivity contribution in [2.24, 2.45) is 0 Å². The molecule has 0 radical (unpaired) electrons. The predicted molar refractivity (Wildman–Crippen MR) is 93.3 cm³/mol. The quantitative estimate of drug-likeness (QED) is 0.816. The van der Waals surface area contributed by atoms with Crippen molar-refractivity contribution in [1.82, 2.24) is 0 Å². The van der Waals surface area contributed by atoms with Gasteiger partial charge in [0.15, 0.2) is 11.5 Å². The Kier molecular flexibility index (Phi) is 5.34. The SMILES string of the molecule is C[C@H](SCc1cc(Cl)c2c(c1)OCO2)C(=O)Nc1cc(F)ccc1F. The van der Waals surface area contributed by atoms with E-state index >= 15 is 0 Å². The Morgan fingerprint density at radius 2 is 2.12 bits per heavy atom. The summed E-state index contributed by atoms with van der Waals surface area (Å²) in [5, 5.41) is 2.36. The van der Waals surface area contributed by atoms with Gasteiger partial charge in [-0.1, -0.05) is 11.6 Å². The number of carbonyl (C=O) groups is 1. The summed E-state index contributed by atoms with van der Waals surface area (Å²) in [6.45, 7) is 1.81. The second-order valence-corrected chi connectivity index (χ2v) is 7.11. The van der Waals surface area contributed by atoms with E-state index in [1.54, 1.807) is 19.1 Å². The molecule has 0 aromatic heterocycles. The molecule has 4 nitrogen and oxygen atoms in total. The van der Waals surface area contributed by atoms with Gasteiger partial charge >= 0.3 is 0 Å². The van der Waals surface area contributed by atoms with Crippen LogP contribution in [0.1, 0.15) is 12.5 Å². The highest BCUT2D eigenvalue weighted by Crippen LogP contribution is 2.40. The van der Waals surface area contributed by atoms with Crippen LogP contribution < -0.4 is 14.8 Å². The van der Waals surface area contributed by atoms with Gasteiger partial charge < -0.3 is 14.8 Å². The molecular weight excluding hydrogens is 372 g/mol. The number of hydrogen-bond donors (Lipinski definition) is 1. The fourth-order valence-corrected chi connectivity index (χ4v) is 3.34. The van der Waals surface area contributed by atoms with Crippen molar-refractivity contribution in [3.8, 4) is 11.5 Å². The number of thioether (sulfide) groups is 1. The largest absolute Gasteiger partial charge is 0.454 e. The molecule has 2 aromatic rings. The Morgan fingerprint density at radius 3 is 2.92 bits per heavy atom. The summed E-state index contributed by atoms with van der Waals surface area (Å²) >= 11 is 7.46. The summed E-state index contributed by atoms with van der Waals surface area (Å²) in [5.41, 5.74) is 0.694. The molecule has 0 saturated carbocycles. The van der Waals surface area contributed by atoms with E-state index in [0.717, 1.165) is 23.8 Å². The van der Waals surface area contributed by atoms with Crippen LogP contribution in [0.5, 0.6) is 11.5 Å². The average Bonchev–Trinajstić information content (AvgIpc) is 3.05. The number of rotatable bonds is 5. The van der Waals surface area contributed by atoms with Gasteiger partial charge in [0.2, 0.25) is 12.7 Å². The molecule has 1 N–H and O–H groups in total. The normalized spacial score (nSPS) is 13.6. The van der Waals surface area contributed by atoms with E-state index < -0.39 is 22.8 Å². The molecule has 132 valence electrons. The second kappa shape index (κ2) is 7.49. The Bertz CT molecular complexity index is 819. The number of amides is 1. The first-order valence-corrected chi connectivity index (χ1v) is 8.82. The van der Waals surface area contributed by atoms with E-state index in [0.29, 0.717) is 22.3 Å². The number of halogens is 3. The number of nitrogens with one attached hydrogen (secondary N) is 1. The lowest BCUT2D eigenvalue weighted by molar-refractivity contribution is -0.115. The topological polar surface area (TPSA) is 47.6 Å². The molecule has 0 unspecified atom stereocenters. The lowest BCUT2D eigenvalue weighted by Gasteiger charge is -2.13. The number of carbonyl (C=O) groups excluding carboxylic acids is 1. The standard InChI is InChI=1S/C17H14ClF2NO3S/c1-9(17(22)21-14-6-11(19)2-3-13(14)20)25-7-10-4-12(18)16-15(5-10)23-8-24-16/h2-6,9H,7-8H2,1H3,(H,21,22)/t9-/m0/s1. The number of hydrogen-bond acceptors (Lipinski definition) is 4. The zero-order valence-corrected chi connectivity index (χ0v) is 14.7. The maximum atomic E-state index is 13.6. The smallest absolute Gasteiger partial charge is 0.237 e. The first-order chi connectivity index (χ1) is 11.9. The van der Waals surface area contributed by atoms with Crippen LogP contribution in [0.3, 0.4) is 0 Å². The van der Waals surface area contributed by atoms with Gasteiger partial charge in [-0.2, -0.15) is 0 Å². The van der Waals surface area contributed by atoms with Crippen LogP contribution in [0.25, 0.3) is 0 Å². The van der Waals surface area contributed by atoms with Gasteiger partial charge in [0.1, 0.15) is 11.6 Å². The minimum Gasteiger partial charge on any atom is -0.454 e. The minimum atomic E-state index is -0.686. The number of benzene rings is 2. The highest BCUT2D eigenvalue weighted by atomic mass is 35.5. The van der Waals surface area contributed by atoms with Crippen LogP contribution >= 0.6 is 23.4 Å². The molecule has 0 aliphatic carbocycles. The zero-order chi connectivity index (χ0) is 18.0.